The van der Waals surface area contributed by atoms with Crippen molar-refractivity contribution in [1.82, 2.24) is 0 Å². The van der Waals surface area contributed by atoms with E-state index in [0.29, 0.717) is 5.56 Å². The molecule has 0 heterocycles. The molecule has 1 rings (SSSR count). The van der Waals surface area contributed by atoms with Crippen LogP contribution in [0.2, 0.25) is 5.02 Å². The summed E-state index contributed by atoms with van der Waals surface area (Å²) in [4.78, 5) is 0. The summed E-state index contributed by atoms with van der Waals surface area (Å²) in [6.07, 6.45) is 0. The average Bonchev–Trinajstić information content (AvgIpc) is 2.12. The number of halogens is 3. The molecule has 0 radical (unpaired) electrons. The fourth-order valence-corrected chi connectivity index (χ4v) is 0.834. The summed E-state index contributed by atoms with van der Waals surface area (Å²) in [7, 11) is 0. The molecule has 0 atom stereocenters. The lowest BCUT2D eigenvalue weighted by molar-refractivity contribution is 0.578. The van der Waals surface area contributed by atoms with Gasteiger partial charge in [-0.1, -0.05) is 31.5 Å². The Morgan fingerprint density at radius 3 is 2.08 bits per heavy atom. The third-order valence-electron chi connectivity index (χ3n) is 1.23. The van der Waals surface area contributed by atoms with Gasteiger partial charge >= 0.3 is 0 Å². The lowest BCUT2D eigenvalue weighted by atomic mass is 10.2. The minimum Gasteiger partial charge on any atom is -0.205 e. The Morgan fingerprint density at radius 1 is 1.17 bits per heavy atom. The number of rotatable bonds is 0. The van der Waals surface area contributed by atoms with Crippen molar-refractivity contribution in [2.24, 2.45) is 0 Å². The third-order valence-corrected chi connectivity index (χ3v) is 1.57. The highest BCUT2D eigenvalue weighted by Crippen LogP contribution is 2.20. The molecule has 12 heavy (non-hydrogen) atoms. The number of aryl methyl sites for hydroxylation is 1. The van der Waals surface area contributed by atoms with Crippen molar-refractivity contribution in [3.8, 4) is 0 Å². The van der Waals surface area contributed by atoms with E-state index in [9.17, 15) is 8.78 Å². The first-order valence-corrected chi connectivity index (χ1v) is 4.11. The largest absolute Gasteiger partial charge is 0.205 e. The third kappa shape index (κ3) is 2.45. The fourth-order valence-electron chi connectivity index (χ4n) is 0.622. The quantitative estimate of drug-likeness (QED) is 0.546. The van der Waals surface area contributed by atoms with Crippen molar-refractivity contribution < 1.29 is 8.78 Å². The van der Waals surface area contributed by atoms with Crippen LogP contribution in [0.15, 0.2) is 12.1 Å². The first-order valence-electron chi connectivity index (χ1n) is 3.73. The van der Waals surface area contributed by atoms with Crippen molar-refractivity contribution >= 4 is 11.6 Å². The number of hydrogen-bond acceptors (Lipinski definition) is 0. The maximum atomic E-state index is 12.6. The molecule has 0 aromatic heterocycles. The second-order valence-corrected chi connectivity index (χ2v) is 2.37. The van der Waals surface area contributed by atoms with Gasteiger partial charge in [0.05, 0.1) is 0 Å². The van der Waals surface area contributed by atoms with Gasteiger partial charge in [-0.05, 0) is 18.6 Å². The molecule has 1 aromatic rings. The molecule has 0 saturated heterocycles. The van der Waals surface area contributed by atoms with E-state index in [4.69, 9.17) is 11.6 Å². The lowest BCUT2D eigenvalue weighted by Gasteiger charge is -1.97. The van der Waals surface area contributed by atoms with Gasteiger partial charge in [-0.2, -0.15) is 0 Å². The smallest absolute Gasteiger partial charge is 0.147 e. The van der Waals surface area contributed by atoms with Gasteiger partial charge < -0.3 is 0 Å². The van der Waals surface area contributed by atoms with E-state index < -0.39 is 16.7 Å². The zero-order valence-electron chi connectivity index (χ0n) is 7.29. The van der Waals surface area contributed by atoms with Crippen LogP contribution in [0.5, 0.6) is 0 Å². The van der Waals surface area contributed by atoms with Crippen LogP contribution in [-0.2, 0) is 0 Å². The van der Waals surface area contributed by atoms with Crippen molar-refractivity contribution in [1.29, 1.82) is 0 Å². The van der Waals surface area contributed by atoms with Crippen LogP contribution < -0.4 is 0 Å². The predicted octanol–water partition coefficient (Wildman–Crippen LogP) is 3.95. The van der Waals surface area contributed by atoms with Gasteiger partial charge in [0.25, 0.3) is 0 Å². The molecule has 0 saturated carbocycles. The van der Waals surface area contributed by atoms with Gasteiger partial charge in [0.1, 0.15) is 16.7 Å². The Morgan fingerprint density at radius 2 is 1.67 bits per heavy atom. The van der Waals surface area contributed by atoms with E-state index in [-0.39, 0.29) is 0 Å². The average molecular weight is 193 g/mol. The second-order valence-electron chi connectivity index (χ2n) is 1.99. The van der Waals surface area contributed by atoms with Crippen LogP contribution in [-0.4, -0.2) is 0 Å². The van der Waals surface area contributed by atoms with E-state index in [2.05, 4.69) is 0 Å². The molecule has 1 aromatic carbocycles. The van der Waals surface area contributed by atoms with Crippen LogP contribution in [0.25, 0.3) is 0 Å². The highest BCUT2D eigenvalue weighted by molar-refractivity contribution is 6.30. The van der Waals surface area contributed by atoms with Crippen LogP contribution >= 0.6 is 11.6 Å². The first kappa shape index (κ1) is 11.4. The minimum atomic E-state index is -0.718. The van der Waals surface area contributed by atoms with Gasteiger partial charge in [-0.25, -0.2) is 8.78 Å². The molecule has 68 valence electrons. The Kier molecular flexibility index (Phi) is 4.83. The maximum absolute atomic E-state index is 12.6. The number of benzene rings is 1. The van der Waals surface area contributed by atoms with E-state index in [1.807, 2.05) is 13.8 Å². The van der Waals surface area contributed by atoms with Gasteiger partial charge in [-0.15, -0.1) is 0 Å². The molecular formula is C9H11ClF2. The monoisotopic (exact) mass is 192 g/mol. The van der Waals surface area contributed by atoms with Crippen molar-refractivity contribution in [3.05, 3.63) is 34.4 Å². The highest BCUT2D eigenvalue weighted by atomic mass is 35.5. The SMILES string of the molecule is CC.Cc1ccc(F)c(Cl)c1F. The van der Waals surface area contributed by atoms with Gasteiger partial charge in [0, 0.05) is 0 Å². The molecule has 0 aliphatic rings. The lowest BCUT2D eigenvalue weighted by Crippen LogP contribution is -1.86. The standard InChI is InChI=1S/C7H5ClF2.C2H6/c1-4-2-3-5(9)6(8)7(4)10;1-2/h2-3H,1H3;1-2H3. The number of hydrogen-bond donors (Lipinski definition) is 0. The molecule has 0 bridgehead atoms. The topological polar surface area (TPSA) is 0 Å². The van der Waals surface area contributed by atoms with E-state index in [1.54, 1.807) is 0 Å². The zero-order valence-corrected chi connectivity index (χ0v) is 8.04. The Balaban J connectivity index is 0.000000561. The summed E-state index contributed by atoms with van der Waals surface area (Å²) in [5.74, 6) is -1.40. The molecule has 0 unspecified atom stereocenters. The van der Waals surface area contributed by atoms with Gasteiger partial charge in [0.15, 0.2) is 0 Å². The van der Waals surface area contributed by atoms with Crippen molar-refractivity contribution in [2.45, 2.75) is 20.8 Å². The Labute approximate surface area is 76.2 Å². The van der Waals surface area contributed by atoms with Crippen LogP contribution in [0.1, 0.15) is 19.4 Å². The molecule has 0 amide bonds. The fraction of sp³-hybridized carbons (Fsp3) is 0.333. The molecule has 0 nitrogen and oxygen atoms in total. The molecule has 0 spiro atoms. The molecule has 0 N–H and O–H groups in total. The van der Waals surface area contributed by atoms with Crippen LogP contribution in [0.3, 0.4) is 0 Å². The predicted molar refractivity (Wildman–Crippen MR) is 47.5 cm³/mol. The Hall–Kier alpha value is -0.630. The summed E-state index contributed by atoms with van der Waals surface area (Å²) in [5.41, 5.74) is 0.353. The summed E-state index contributed by atoms with van der Waals surface area (Å²) in [6.45, 7) is 5.53. The van der Waals surface area contributed by atoms with E-state index >= 15 is 0 Å². The first-order chi connectivity index (χ1) is 5.63. The summed E-state index contributed by atoms with van der Waals surface area (Å²) >= 11 is 5.23. The summed E-state index contributed by atoms with van der Waals surface area (Å²) in [6, 6.07) is 2.48. The van der Waals surface area contributed by atoms with Crippen molar-refractivity contribution in [3.63, 3.8) is 0 Å². The molecule has 0 aliphatic heterocycles. The molecule has 0 aliphatic carbocycles. The normalized spacial score (nSPS) is 8.83. The summed E-state index contributed by atoms with van der Waals surface area (Å²) in [5, 5.41) is -0.431. The maximum Gasteiger partial charge on any atom is 0.147 e. The van der Waals surface area contributed by atoms with E-state index in [0.717, 1.165) is 6.07 Å². The molecular weight excluding hydrogens is 182 g/mol. The van der Waals surface area contributed by atoms with Crippen LogP contribution in [0.4, 0.5) is 8.78 Å². The Bertz CT molecular complexity index is 232. The van der Waals surface area contributed by atoms with Gasteiger partial charge in [-0.3, -0.25) is 0 Å². The molecule has 3 heteroatoms. The highest BCUT2D eigenvalue weighted by Gasteiger charge is 2.07. The second kappa shape index (κ2) is 5.09. The van der Waals surface area contributed by atoms with Crippen molar-refractivity contribution in [2.75, 3.05) is 0 Å². The van der Waals surface area contributed by atoms with E-state index in [1.165, 1.54) is 13.0 Å². The minimum absolute atomic E-state index is 0.353. The zero-order chi connectivity index (χ0) is 9.72. The summed E-state index contributed by atoms with van der Waals surface area (Å²) < 4.78 is 25.0. The van der Waals surface area contributed by atoms with Gasteiger partial charge in [0.2, 0.25) is 0 Å². The van der Waals surface area contributed by atoms with Crippen LogP contribution in [0, 0.1) is 18.6 Å². The molecule has 0 fully saturated rings.